The monoisotopic (exact) mass is 468 g/mol. The maximum Gasteiger partial charge on any atom is 0.314 e. The molecular weight excluding hydrogens is 444 g/mol. The van der Waals surface area contributed by atoms with Crippen LogP contribution in [0.1, 0.15) is 42.2 Å². The third-order valence-corrected chi connectivity index (χ3v) is 6.31. The van der Waals surface area contributed by atoms with Crippen molar-refractivity contribution in [1.82, 2.24) is 5.32 Å². The lowest BCUT2D eigenvalue weighted by Crippen LogP contribution is -2.38. The lowest BCUT2D eigenvalue weighted by molar-refractivity contribution is -0.386. The van der Waals surface area contributed by atoms with Crippen LogP contribution in [0.4, 0.5) is 5.69 Å². The van der Waals surface area contributed by atoms with Crippen molar-refractivity contribution >= 4 is 17.4 Å². The van der Waals surface area contributed by atoms with Gasteiger partial charge in [0.25, 0.3) is 0 Å². The summed E-state index contributed by atoms with van der Waals surface area (Å²) in [5, 5.41) is 24.4. The van der Waals surface area contributed by atoms with Gasteiger partial charge in [-0.3, -0.25) is 19.7 Å². The van der Waals surface area contributed by atoms with Gasteiger partial charge in [0, 0.05) is 36.1 Å². The second-order valence-electron chi connectivity index (χ2n) is 8.19. The molecule has 0 saturated heterocycles. The summed E-state index contributed by atoms with van der Waals surface area (Å²) < 4.78 is 15.8. The van der Waals surface area contributed by atoms with Crippen LogP contribution in [0.15, 0.2) is 41.6 Å². The highest BCUT2D eigenvalue weighted by molar-refractivity contribution is 6.02. The van der Waals surface area contributed by atoms with Gasteiger partial charge in [-0.1, -0.05) is 6.07 Å². The van der Waals surface area contributed by atoms with Gasteiger partial charge in [0.1, 0.15) is 0 Å². The highest BCUT2D eigenvalue weighted by Gasteiger charge is 2.39. The van der Waals surface area contributed by atoms with Crippen LogP contribution in [0, 0.1) is 10.1 Å². The summed E-state index contributed by atoms with van der Waals surface area (Å²) in [6.07, 6.45) is 0.574. The molecule has 178 valence electrons. The summed E-state index contributed by atoms with van der Waals surface area (Å²) in [5.74, 6) is -0.897. The van der Waals surface area contributed by atoms with E-state index in [1.165, 1.54) is 26.4 Å². The predicted molar refractivity (Wildman–Crippen MR) is 120 cm³/mol. The maximum atomic E-state index is 13.3. The summed E-state index contributed by atoms with van der Waals surface area (Å²) in [7, 11) is 4.35. The smallest absolute Gasteiger partial charge is 0.314 e. The molecule has 2 N–H and O–H groups in total. The number of rotatable bonds is 6. The van der Waals surface area contributed by atoms with E-state index in [9.17, 15) is 24.8 Å². The molecule has 0 unspecified atom stereocenters. The minimum absolute atomic E-state index is 0.0450. The number of ether oxygens (including phenoxy) is 3. The molecule has 0 aromatic heterocycles. The fourth-order valence-electron chi connectivity index (χ4n) is 4.70. The SMILES string of the molecule is COc1ccc([C@H]2CC(=O)C3=C(C2)NC(=O)C[C@H]3c2cc(OC)c(O)c([N+](=O)[O-])c2)cc1OC. The number of carbonyl (C=O) groups is 2. The van der Waals surface area contributed by atoms with Gasteiger partial charge in [-0.15, -0.1) is 0 Å². The molecule has 0 spiro atoms. The van der Waals surface area contributed by atoms with Crippen molar-refractivity contribution in [3.63, 3.8) is 0 Å². The van der Waals surface area contributed by atoms with Crippen molar-refractivity contribution in [3.8, 4) is 23.0 Å². The van der Waals surface area contributed by atoms with E-state index in [1.807, 2.05) is 12.1 Å². The summed E-state index contributed by atoms with van der Waals surface area (Å²) in [5.41, 5.74) is 1.62. The summed E-state index contributed by atoms with van der Waals surface area (Å²) in [4.78, 5) is 36.6. The molecule has 2 aromatic rings. The van der Waals surface area contributed by atoms with Crippen molar-refractivity contribution in [2.24, 2.45) is 0 Å². The number of Topliss-reactive ketones (excluding diaryl/α,β-unsaturated/α-hetero) is 1. The van der Waals surface area contributed by atoms with E-state index in [2.05, 4.69) is 5.32 Å². The zero-order valence-electron chi connectivity index (χ0n) is 18.9. The van der Waals surface area contributed by atoms with Crippen molar-refractivity contribution in [2.45, 2.75) is 31.1 Å². The second kappa shape index (κ2) is 9.05. The maximum absolute atomic E-state index is 13.3. The van der Waals surface area contributed by atoms with Gasteiger partial charge in [0.15, 0.2) is 23.0 Å². The molecule has 4 rings (SSSR count). The molecule has 1 amide bonds. The number of phenolic OH excluding ortho intramolecular Hbond substituents is 1. The van der Waals surface area contributed by atoms with Crippen LogP contribution in [-0.4, -0.2) is 43.0 Å². The fourth-order valence-corrected chi connectivity index (χ4v) is 4.70. The molecule has 2 atom stereocenters. The highest BCUT2D eigenvalue weighted by atomic mass is 16.6. The number of aromatic hydroxyl groups is 1. The van der Waals surface area contributed by atoms with E-state index in [-0.39, 0.29) is 36.2 Å². The van der Waals surface area contributed by atoms with Crippen molar-refractivity contribution in [3.05, 3.63) is 62.8 Å². The van der Waals surface area contributed by atoms with Crippen molar-refractivity contribution in [1.29, 1.82) is 0 Å². The average Bonchev–Trinajstić information content (AvgIpc) is 2.82. The summed E-state index contributed by atoms with van der Waals surface area (Å²) >= 11 is 0. The number of hydrogen-bond acceptors (Lipinski definition) is 8. The average molecular weight is 468 g/mol. The molecule has 2 aromatic carbocycles. The number of benzene rings is 2. The number of nitro groups is 1. The first-order chi connectivity index (χ1) is 16.3. The lowest BCUT2D eigenvalue weighted by Gasteiger charge is -2.34. The minimum atomic E-state index is -0.727. The van der Waals surface area contributed by atoms with Gasteiger partial charge in [0.05, 0.1) is 26.3 Å². The zero-order valence-corrected chi connectivity index (χ0v) is 18.9. The van der Waals surface area contributed by atoms with E-state index in [0.29, 0.717) is 34.8 Å². The molecule has 0 fully saturated rings. The number of phenols is 1. The molecule has 0 radical (unpaired) electrons. The molecule has 1 heterocycles. The van der Waals surface area contributed by atoms with Crippen LogP contribution in [-0.2, 0) is 9.59 Å². The van der Waals surface area contributed by atoms with Crippen LogP contribution in [0.25, 0.3) is 0 Å². The topological polar surface area (TPSA) is 137 Å². The number of hydrogen-bond donors (Lipinski definition) is 2. The third kappa shape index (κ3) is 4.02. The van der Waals surface area contributed by atoms with Gasteiger partial charge in [-0.05, 0) is 41.7 Å². The normalized spacial score (nSPS) is 19.9. The van der Waals surface area contributed by atoms with Gasteiger partial charge >= 0.3 is 5.69 Å². The first-order valence-corrected chi connectivity index (χ1v) is 10.6. The summed E-state index contributed by atoms with van der Waals surface area (Å²) in [6, 6.07) is 8.08. The molecule has 1 aliphatic heterocycles. The Morgan fingerprint density at radius 2 is 1.62 bits per heavy atom. The van der Waals surface area contributed by atoms with Crippen LogP contribution in [0.5, 0.6) is 23.0 Å². The minimum Gasteiger partial charge on any atom is -0.500 e. The zero-order chi connectivity index (χ0) is 24.6. The molecule has 2 aliphatic rings. The van der Waals surface area contributed by atoms with E-state index in [0.717, 1.165) is 5.56 Å². The lowest BCUT2D eigenvalue weighted by atomic mass is 9.73. The van der Waals surface area contributed by atoms with Crippen LogP contribution >= 0.6 is 0 Å². The highest BCUT2D eigenvalue weighted by Crippen LogP contribution is 2.46. The first kappa shape index (κ1) is 23.1. The third-order valence-electron chi connectivity index (χ3n) is 6.31. The molecule has 10 nitrogen and oxygen atoms in total. The quantitative estimate of drug-likeness (QED) is 0.486. The predicted octanol–water partition coefficient (Wildman–Crippen LogP) is 3.33. The van der Waals surface area contributed by atoms with E-state index in [1.54, 1.807) is 13.2 Å². The van der Waals surface area contributed by atoms with Crippen LogP contribution in [0.2, 0.25) is 0 Å². The summed E-state index contributed by atoms with van der Waals surface area (Å²) in [6.45, 7) is 0. The number of nitro benzene ring substituents is 1. The number of nitrogens with zero attached hydrogens (tertiary/aromatic N) is 1. The second-order valence-corrected chi connectivity index (χ2v) is 8.19. The molecule has 10 heteroatoms. The molecular formula is C24H24N2O8. The largest absolute Gasteiger partial charge is 0.500 e. The molecule has 0 bridgehead atoms. The Labute approximate surface area is 195 Å². The number of methoxy groups -OCH3 is 3. The van der Waals surface area contributed by atoms with Crippen LogP contribution in [0.3, 0.4) is 0 Å². The number of allylic oxidation sites excluding steroid dienone is 2. The van der Waals surface area contributed by atoms with Gasteiger partial charge in [-0.25, -0.2) is 0 Å². The molecule has 0 saturated carbocycles. The van der Waals surface area contributed by atoms with E-state index >= 15 is 0 Å². The molecule has 1 aliphatic carbocycles. The number of nitrogens with one attached hydrogen (secondary N) is 1. The Morgan fingerprint density at radius 1 is 0.941 bits per heavy atom. The van der Waals surface area contributed by atoms with Crippen LogP contribution < -0.4 is 19.5 Å². The van der Waals surface area contributed by atoms with Gasteiger partial charge in [0.2, 0.25) is 11.7 Å². The van der Waals surface area contributed by atoms with Gasteiger partial charge in [-0.2, -0.15) is 0 Å². The Morgan fingerprint density at radius 3 is 2.26 bits per heavy atom. The Balaban J connectivity index is 1.75. The first-order valence-electron chi connectivity index (χ1n) is 10.6. The van der Waals surface area contributed by atoms with E-state index < -0.39 is 22.3 Å². The number of carbonyl (C=O) groups excluding carboxylic acids is 2. The Kier molecular flexibility index (Phi) is 6.14. The van der Waals surface area contributed by atoms with Crippen molar-refractivity contribution < 1.29 is 33.8 Å². The van der Waals surface area contributed by atoms with Crippen molar-refractivity contribution in [2.75, 3.05) is 21.3 Å². The van der Waals surface area contributed by atoms with Gasteiger partial charge < -0.3 is 24.6 Å². The Bertz CT molecular complexity index is 1220. The Hall–Kier alpha value is -4.08. The fraction of sp³-hybridized carbons (Fsp3) is 0.333. The number of ketones is 1. The van der Waals surface area contributed by atoms with E-state index in [4.69, 9.17) is 14.2 Å². The number of amides is 1. The molecule has 34 heavy (non-hydrogen) atoms. The standard InChI is InChI=1S/C24H24N2O8/c1-32-19-5-4-12(9-20(19)33-2)13-6-16-23(18(27)8-13)15(11-22(28)25-16)14-7-17(26(30)31)24(29)21(10-14)34-3/h4-5,7,9-10,13,15,29H,6,8,11H2,1-3H3,(H,25,28)/t13-,15+/m1/s1.